The lowest BCUT2D eigenvalue weighted by atomic mass is 10.1. The first-order chi connectivity index (χ1) is 10.1. The Morgan fingerprint density at radius 1 is 1.19 bits per heavy atom. The predicted molar refractivity (Wildman–Crippen MR) is 84.9 cm³/mol. The number of hydrogen-bond donors (Lipinski definition) is 2. The fourth-order valence-electron chi connectivity index (χ4n) is 2.28. The van der Waals surface area contributed by atoms with E-state index in [9.17, 15) is 9.59 Å². The van der Waals surface area contributed by atoms with Crippen LogP contribution in [0.3, 0.4) is 0 Å². The smallest absolute Gasteiger partial charge is 0.326 e. The summed E-state index contributed by atoms with van der Waals surface area (Å²) in [5, 5.41) is 0.565. The molecule has 0 spiro atoms. The maximum Gasteiger partial charge on any atom is 0.329 e. The van der Waals surface area contributed by atoms with Crippen molar-refractivity contribution in [2.24, 2.45) is 5.73 Å². The number of aryl methyl sites for hydroxylation is 1. The molecule has 0 atom stereocenters. The third-order valence-corrected chi connectivity index (χ3v) is 4.36. The molecule has 3 rings (SSSR count). The van der Waals surface area contributed by atoms with Gasteiger partial charge in [0, 0.05) is 11.4 Å². The van der Waals surface area contributed by atoms with Crippen LogP contribution in [0.15, 0.2) is 39.9 Å². The number of fused-ring (bicyclic) bond motifs is 1. The van der Waals surface area contributed by atoms with Crippen LogP contribution in [0.1, 0.15) is 16.0 Å². The normalized spacial score (nSPS) is 11.1. The minimum absolute atomic E-state index is 0.249. The standard InChI is InChI=1S/C15H15N3O2S/c1-9-6-12-13(21-9)17-15(20)18(14(12)19)8-11-4-2-10(7-16)3-5-11/h2-6H,7-8,16H2,1H3,(H,17,20). The Hall–Kier alpha value is -2.18. The molecule has 0 saturated heterocycles. The lowest BCUT2D eigenvalue weighted by Gasteiger charge is -2.05. The molecule has 0 unspecified atom stereocenters. The third kappa shape index (κ3) is 2.55. The highest BCUT2D eigenvalue weighted by atomic mass is 32.1. The Kier molecular flexibility index (Phi) is 3.48. The summed E-state index contributed by atoms with van der Waals surface area (Å²) in [5.41, 5.74) is 6.84. The fourth-order valence-corrected chi connectivity index (χ4v) is 3.17. The van der Waals surface area contributed by atoms with E-state index < -0.39 is 0 Å². The molecule has 0 bridgehead atoms. The lowest BCUT2D eigenvalue weighted by Crippen LogP contribution is -2.34. The number of aromatic nitrogens is 2. The molecule has 0 saturated carbocycles. The predicted octanol–water partition coefficient (Wildman–Crippen LogP) is 1.57. The van der Waals surface area contributed by atoms with E-state index in [0.29, 0.717) is 16.8 Å². The van der Waals surface area contributed by atoms with Crippen molar-refractivity contribution in [1.82, 2.24) is 9.55 Å². The van der Waals surface area contributed by atoms with E-state index in [1.807, 2.05) is 37.3 Å². The Morgan fingerprint density at radius 2 is 1.86 bits per heavy atom. The molecule has 0 aliphatic heterocycles. The summed E-state index contributed by atoms with van der Waals surface area (Å²) in [6, 6.07) is 9.39. The van der Waals surface area contributed by atoms with Crippen molar-refractivity contribution in [1.29, 1.82) is 0 Å². The molecule has 5 nitrogen and oxygen atoms in total. The van der Waals surface area contributed by atoms with Crippen LogP contribution >= 0.6 is 11.3 Å². The Labute approximate surface area is 124 Å². The van der Waals surface area contributed by atoms with Gasteiger partial charge < -0.3 is 5.73 Å². The van der Waals surface area contributed by atoms with Crippen LogP contribution in [-0.4, -0.2) is 9.55 Å². The van der Waals surface area contributed by atoms with E-state index >= 15 is 0 Å². The highest BCUT2D eigenvalue weighted by molar-refractivity contribution is 7.18. The average Bonchev–Trinajstić information content (AvgIpc) is 2.85. The summed E-state index contributed by atoms with van der Waals surface area (Å²) in [5.74, 6) is 0. The monoisotopic (exact) mass is 301 g/mol. The van der Waals surface area contributed by atoms with Gasteiger partial charge in [-0.15, -0.1) is 11.3 Å². The Balaban J connectivity index is 2.07. The van der Waals surface area contributed by atoms with Crippen molar-refractivity contribution < 1.29 is 0 Å². The van der Waals surface area contributed by atoms with Gasteiger partial charge in [-0.2, -0.15) is 0 Å². The molecule has 108 valence electrons. The Bertz CT molecular complexity index is 903. The van der Waals surface area contributed by atoms with Crippen molar-refractivity contribution in [2.45, 2.75) is 20.0 Å². The lowest BCUT2D eigenvalue weighted by molar-refractivity contribution is 0.712. The molecule has 0 fully saturated rings. The van der Waals surface area contributed by atoms with E-state index in [0.717, 1.165) is 16.0 Å². The summed E-state index contributed by atoms with van der Waals surface area (Å²) in [7, 11) is 0. The van der Waals surface area contributed by atoms with Crippen LogP contribution < -0.4 is 17.0 Å². The zero-order valence-electron chi connectivity index (χ0n) is 11.6. The molecule has 2 heterocycles. The molecule has 2 aromatic heterocycles. The number of nitrogens with two attached hydrogens (primary N) is 1. The summed E-state index contributed by atoms with van der Waals surface area (Å²) in [4.78, 5) is 28.9. The molecular weight excluding hydrogens is 286 g/mol. The largest absolute Gasteiger partial charge is 0.329 e. The van der Waals surface area contributed by atoms with Gasteiger partial charge in [-0.3, -0.25) is 14.3 Å². The molecule has 3 aromatic rings. The minimum atomic E-state index is -0.378. The van der Waals surface area contributed by atoms with E-state index in [-0.39, 0.29) is 17.8 Å². The van der Waals surface area contributed by atoms with Crippen molar-refractivity contribution in [3.8, 4) is 0 Å². The molecule has 21 heavy (non-hydrogen) atoms. The fraction of sp³-hybridized carbons (Fsp3) is 0.200. The van der Waals surface area contributed by atoms with Gasteiger partial charge >= 0.3 is 5.69 Å². The van der Waals surface area contributed by atoms with Crippen LogP contribution in [0.4, 0.5) is 0 Å². The van der Waals surface area contributed by atoms with Crippen molar-refractivity contribution >= 4 is 21.6 Å². The van der Waals surface area contributed by atoms with Crippen LogP contribution in [0.5, 0.6) is 0 Å². The second-order valence-electron chi connectivity index (χ2n) is 4.94. The molecule has 1 aromatic carbocycles. The van der Waals surface area contributed by atoms with Gasteiger partial charge in [0.25, 0.3) is 5.56 Å². The summed E-state index contributed by atoms with van der Waals surface area (Å²) >= 11 is 1.42. The number of nitrogens with zero attached hydrogens (tertiary/aromatic N) is 1. The molecule has 0 aliphatic carbocycles. The van der Waals surface area contributed by atoms with Crippen LogP contribution in [-0.2, 0) is 13.1 Å². The highest BCUT2D eigenvalue weighted by Gasteiger charge is 2.10. The van der Waals surface area contributed by atoms with Crippen molar-refractivity contribution in [3.05, 3.63) is 67.2 Å². The van der Waals surface area contributed by atoms with Crippen molar-refractivity contribution in [2.75, 3.05) is 0 Å². The number of rotatable bonds is 3. The number of H-pyrrole nitrogens is 1. The second-order valence-corrected chi connectivity index (χ2v) is 6.20. The van der Waals surface area contributed by atoms with Gasteiger partial charge in [-0.05, 0) is 24.1 Å². The minimum Gasteiger partial charge on any atom is -0.326 e. The van der Waals surface area contributed by atoms with Gasteiger partial charge in [-0.1, -0.05) is 24.3 Å². The van der Waals surface area contributed by atoms with E-state index in [4.69, 9.17) is 5.73 Å². The van der Waals surface area contributed by atoms with Gasteiger partial charge in [0.1, 0.15) is 4.83 Å². The molecule has 0 amide bonds. The maximum absolute atomic E-state index is 12.4. The second kappa shape index (κ2) is 5.31. The number of hydrogen-bond acceptors (Lipinski definition) is 4. The first-order valence-corrected chi connectivity index (χ1v) is 7.41. The number of benzene rings is 1. The van der Waals surface area contributed by atoms with Gasteiger partial charge in [-0.25, -0.2) is 4.79 Å². The molecule has 6 heteroatoms. The maximum atomic E-state index is 12.4. The molecule has 0 radical (unpaired) electrons. The van der Waals surface area contributed by atoms with Gasteiger partial charge in [0.2, 0.25) is 0 Å². The SMILES string of the molecule is Cc1cc2c(=O)n(Cc3ccc(CN)cc3)c(=O)[nH]c2s1. The number of thiophene rings is 1. The van der Waals surface area contributed by atoms with Gasteiger partial charge in [0.05, 0.1) is 11.9 Å². The van der Waals surface area contributed by atoms with Crippen LogP contribution in [0.2, 0.25) is 0 Å². The first-order valence-electron chi connectivity index (χ1n) is 6.59. The molecular formula is C15H15N3O2S. The summed E-state index contributed by atoms with van der Waals surface area (Å²) in [6.07, 6.45) is 0. The zero-order valence-corrected chi connectivity index (χ0v) is 12.4. The van der Waals surface area contributed by atoms with Gasteiger partial charge in [0.15, 0.2) is 0 Å². The first kappa shape index (κ1) is 13.8. The topological polar surface area (TPSA) is 80.9 Å². The third-order valence-electron chi connectivity index (χ3n) is 3.40. The van der Waals surface area contributed by atoms with E-state index in [1.54, 1.807) is 0 Å². The van der Waals surface area contributed by atoms with Crippen LogP contribution in [0.25, 0.3) is 10.2 Å². The zero-order chi connectivity index (χ0) is 15.0. The van der Waals surface area contributed by atoms with Crippen molar-refractivity contribution in [3.63, 3.8) is 0 Å². The average molecular weight is 301 g/mol. The van der Waals surface area contributed by atoms with Crippen LogP contribution in [0, 0.1) is 6.92 Å². The molecule has 3 N–H and O–H groups in total. The quantitative estimate of drug-likeness (QED) is 0.770. The number of aromatic amines is 1. The highest BCUT2D eigenvalue weighted by Crippen LogP contribution is 2.18. The summed E-state index contributed by atoms with van der Waals surface area (Å²) < 4.78 is 1.23. The van der Waals surface area contributed by atoms with E-state index in [1.165, 1.54) is 15.9 Å². The molecule has 0 aliphatic rings. The van der Waals surface area contributed by atoms with E-state index in [2.05, 4.69) is 4.98 Å². The Morgan fingerprint density at radius 3 is 2.52 bits per heavy atom. The summed E-state index contributed by atoms with van der Waals surface area (Å²) in [6.45, 7) is 2.64. The number of nitrogens with one attached hydrogen (secondary N) is 1.